The summed E-state index contributed by atoms with van der Waals surface area (Å²) in [6, 6.07) is 0. The number of carbonyl (C=O) groups is 2. The number of hydrogen-bond acceptors (Lipinski definition) is 5. The quantitative estimate of drug-likeness (QED) is 0.539. The number of ether oxygens (including phenoxy) is 2. The summed E-state index contributed by atoms with van der Waals surface area (Å²) in [6.45, 7) is 6.85. The van der Waals surface area contributed by atoms with E-state index in [2.05, 4.69) is 33.3 Å². The van der Waals surface area contributed by atoms with Crippen molar-refractivity contribution in [1.29, 1.82) is 0 Å². The first-order valence-corrected chi connectivity index (χ1v) is 5.31. The fraction of sp³-hybridized carbons (Fsp3) is 0.455. The van der Waals surface area contributed by atoms with E-state index in [9.17, 15) is 14.7 Å². The van der Waals surface area contributed by atoms with Gasteiger partial charge in [-0.15, -0.1) is 0 Å². The standard InChI is InChI=1S/C11H18N2O5/c1-3-5-17-10(15)12-7-9(14)8-13-11(16)18-6-4-2/h3-4,9,14H,1-2,5-8H2,(H,12,15)(H,13,16). The average molecular weight is 258 g/mol. The molecule has 7 nitrogen and oxygen atoms in total. The van der Waals surface area contributed by atoms with E-state index in [1.54, 1.807) is 0 Å². The van der Waals surface area contributed by atoms with Crippen LogP contribution in [-0.2, 0) is 9.47 Å². The molecule has 2 amide bonds. The molecule has 0 fully saturated rings. The van der Waals surface area contributed by atoms with Crippen LogP contribution in [-0.4, -0.2) is 49.7 Å². The van der Waals surface area contributed by atoms with Gasteiger partial charge in [0.25, 0.3) is 0 Å². The van der Waals surface area contributed by atoms with Gasteiger partial charge in [-0.3, -0.25) is 0 Å². The van der Waals surface area contributed by atoms with Crippen molar-refractivity contribution in [2.45, 2.75) is 6.10 Å². The SMILES string of the molecule is C=CCOC(=O)NCC(O)CNC(=O)OCC=C. The summed E-state index contributed by atoms with van der Waals surface area (Å²) >= 11 is 0. The van der Waals surface area contributed by atoms with Gasteiger partial charge in [0.05, 0.1) is 6.10 Å². The summed E-state index contributed by atoms with van der Waals surface area (Å²) in [7, 11) is 0. The molecule has 102 valence electrons. The van der Waals surface area contributed by atoms with E-state index < -0.39 is 18.3 Å². The van der Waals surface area contributed by atoms with Crippen molar-refractivity contribution in [3.8, 4) is 0 Å². The van der Waals surface area contributed by atoms with Crippen LogP contribution in [0, 0.1) is 0 Å². The molecule has 18 heavy (non-hydrogen) atoms. The summed E-state index contributed by atoms with van der Waals surface area (Å²) in [5.74, 6) is 0. The van der Waals surface area contributed by atoms with Gasteiger partial charge in [-0.25, -0.2) is 9.59 Å². The first-order chi connectivity index (χ1) is 8.60. The van der Waals surface area contributed by atoms with Crippen LogP contribution in [0.3, 0.4) is 0 Å². The molecule has 0 spiro atoms. The third kappa shape index (κ3) is 9.22. The third-order valence-corrected chi connectivity index (χ3v) is 1.63. The average Bonchev–Trinajstić information content (AvgIpc) is 2.37. The van der Waals surface area contributed by atoms with Crippen LogP contribution in [0.15, 0.2) is 25.3 Å². The molecule has 0 aromatic rings. The summed E-state index contributed by atoms with van der Waals surface area (Å²) in [5, 5.41) is 14.1. The summed E-state index contributed by atoms with van der Waals surface area (Å²) in [5.41, 5.74) is 0. The Morgan fingerprint density at radius 3 is 1.78 bits per heavy atom. The molecule has 0 aromatic heterocycles. The second-order valence-corrected chi connectivity index (χ2v) is 3.19. The van der Waals surface area contributed by atoms with Gasteiger partial charge < -0.3 is 25.2 Å². The Kier molecular flexibility index (Phi) is 9.01. The fourth-order valence-electron chi connectivity index (χ4n) is 0.846. The number of aliphatic hydroxyl groups is 1. The predicted molar refractivity (Wildman–Crippen MR) is 65.1 cm³/mol. The molecule has 0 unspecified atom stereocenters. The van der Waals surface area contributed by atoms with Crippen molar-refractivity contribution in [2.75, 3.05) is 26.3 Å². The van der Waals surface area contributed by atoms with E-state index >= 15 is 0 Å². The van der Waals surface area contributed by atoms with Gasteiger partial charge in [-0.2, -0.15) is 0 Å². The maximum Gasteiger partial charge on any atom is 0.407 e. The van der Waals surface area contributed by atoms with Crippen molar-refractivity contribution in [1.82, 2.24) is 10.6 Å². The van der Waals surface area contributed by atoms with Gasteiger partial charge in [-0.05, 0) is 0 Å². The normalized spacial score (nSPS) is 9.44. The number of alkyl carbamates (subject to hydrolysis) is 2. The van der Waals surface area contributed by atoms with Gasteiger partial charge in [0, 0.05) is 13.1 Å². The van der Waals surface area contributed by atoms with E-state index in [-0.39, 0.29) is 26.3 Å². The minimum absolute atomic E-state index is 0.0439. The van der Waals surface area contributed by atoms with Crippen molar-refractivity contribution >= 4 is 12.2 Å². The molecule has 0 aromatic carbocycles. The van der Waals surface area contributed by atoms with Crippen LogP contribution in [0.25, 0.3) is 0 Å². The zero-order valence-electron chi connectivity index (χ0n) is 10.1. The van der Waals surface area contributed by atoms with E-state index in [1.807, 2.05) is 0 Å². The number of amides is 2. The van der Waals surface area contributed by atoms with Crippen LogP contribution >= 0.6 is 0 Å². The van der Waals surface area contributed by atoms with Gasteiger partial charge >= 0.3 is 12.2 Å². The van der Waals surface area contributed by atoms with E-state index in [4.69, 9.17) is 0 Å². The van der Waals surface area contributed by atoms with Crippen LogP contribution in [0.5, 0.6) is 0 Å². The van der Waals surface area contributed by atoms with E-state index in [0.717, 1.165) is 0 Å². The van der Waals surface area contributed by atoms with E-state index in [1.165, 1.54) is 12.2 Å². The molecular weight excluding hydrogens is 240 g/mol. The summed E-state index contributed by atoms with van der Waals surface area (Å²) < 4.78 is 9.24. The molecule has 0 saturated heterocycles. The molecule has 0 heterocycles. The largest absolute Gasteiger partial charge is 0.445 e. The molecule has 0 atom stereocenters. The molecule has 0 aliphatic rings. The molecule has 0 aliphatic carbocycles. The van der Waals surface area contributed by atoms with Crippen molar-refractivity contribution in [2.24, 2.45) is 0 Å². The Balaban J connectivity index is 3.61. The highest BCUT2D eigenvalue weighted by molar-refractivity contribution is 5.68. The minimum Gasteiger partial charge on any atom is -0.445 e. The molecule has 3 N–H and O–H groups in total. The summed E-state index contributed by atoms with van der Waals surface area (Å²) in [6.07, 6.45) is 0.587. The zero-order chi connectivity index (χ0) is 13.8. The Morgan fingerprint density at radius 1 is 1.06 bits per heavy atom. The number of hydrogen-bond donors (Lipinski definition) is 3. The molecule has 0 saturated carbocycles. The van der Waals surface area contributed by atoms with E-state index in [0.29, 0.717) is 0 Å². The van der Waals surface area contributed by atoms with Crippen LogP contribution in [0.1, 0.15) is 0 Å². The molecule has 0 bridgehead atoms. The Bertz CT molecular complexity index is 265. The predicted octanol–water partition coefficient (Wildman–Crippen LogP) is 0.172. The lowest BCUT2D eigenvalue weighted by Gasteiger charge is -2.12. The second kappa shape index (κ2) is 10.2. The van der Waals surface area contributed by atoms with Crippen LogP contribution < -0.4 is 10.6 Å². The van der Waals surface area contributed by atoms with Gasteiger partial charge in [-0.1, -0.05) is 25.3 Å². The topological polar surface area (TPSA) is 96.9 Å². The molecule has 0 rings (SSSR count). The highest BCUT2D eigenvalue weighted by Crippen LogP contribution is 1.84. The number of aliphatic hydroxyl groups excluding tert-OH is 1. The zero-order valence-corrected chi connectivity index (χ0v) is 10.1. The lowest BCUT2D eigenvalue weighted by atomic mass is 10.3. The molecule has 0 radical (unpaired) electrons. The van der Waals surface area contributed by atoms with Crippen LogP contribution in [0.4, 0.5) is 9.59 Å². The lowest BCUT2D eigenvalue weighted by Crippen LogP contribution is -2.40. The van der Waals surface area contributed by atoms with Gasteiger partial charge in [0.1, 0.15) is 13.2 Å². The highest BCUT2D eigenvalue weighted by atomic mass is 16.6. The van der Waals surface area contributed by atoms with Gasteiger partial charge in [0.15, 0.2) is 0 Å². The molecule has 7 heteroatoms. The Labute approximate surface area is 105 Å². The number of carbonyl (C=O) groups excluding carboxylic acids is 2. The second-order valence-electron chi connectivity index (χ2n) is 3.19. The van der Waals surface area contributed by atoms with Crippen molar-refractivity contribution in [3.63, 3.8) is 0 Å². The molecular formula is C11H18N2O5. The highest BCUT2D eigenvalue weighted by Gasteiger charge is 2.09. The van der Waals surface area contributed by atoms with Crippen LogP contribution in [0.2, 0.25) is 0 Å². The lowest BCUT2D eigenvalue weighted by molar-refractivity contribution is 0.129. The number of rotatable bonds is 8. The summed E-state index contributed by atoms with van der Waals surface area (Å²) in [4.78, 5) is 21.9. The fourth-order valence-corrected chi connectivity index (χ4v) is 0.846. The van der Waals surface area contributed by atoms with Crippen molar-refractivity contribution < 1.29 is 24.2 Å². The number of nitrogens with one attached hydrogen (secondary N) is 2. The minimum atomic E-state index is -0.933. The maximum atomic E-state index is 11.0. The Hall–Kier alpha value is -2.02. The Morgan fingerprint density at radius 2 is 1.44 bits per heavy atom. The maximum absolute atomic E-state index is 11.0. The smallest absolute Gasteiger partial charge is 0.407 e. The monoisotopic (exact) mass is 258 g/mol. The first-order valence-electron chi connectivity index (χ1n) is 5.31. The first kappa shape index (κ1) is 16.0. The van der Waals surface area contributed by atoms with Gasteiger partial charge in [0.2, 0.25) is 0 Å². The third-order valence-electron chi connectivity index (χ3n) is 1.63. The molecule has 0 aliphatic heterocycles. The van der Waals surface area contributed by atoms with Crippen molar-refractivity contribution in [3.05, 3.63) is 25.3 Å².